The molecule has 0 bridgehead atoms. The predicted molar refractivity (Wildman–Crippen MR) is 128 cm³/mol. The van der Waals surface area contributed by atoms with E-state index in [2.05, 4.69) is 55.5 Å². The maximum absolute atomic E-state index is 11.9. The molecule has 4 nitrogen and oxygen atoms in total. The third-order valence-electron chi connectivity index (χ3n) is 5.23. The van der Waals surface area contributed by atoms with E-state index >= 15 is 0 Å². The van der Waals surface area contributed by atoms with Gasteiger partial charge in [-0.15, -0.1) is 0 Å². The zero-order chi connectivity index (χ0) is 22.5. The predicted octanol–water partition coefficient (Wildman–Crippen LogP) is 6.70. The summed E-state index contributed by atoms with van der Waals surface area (Å²) >= 11 is 11.7. The van der Waals surface area contributed by atoms with Crippen LogP contribution in [0.3, 0.4) is 0 Å². The molecule has 1 heterocycles. The molecule has 6 heteroatoms. The molecule has 0 aliphatic carbocycles. The van der Waals surface area contributed by atoms with Gasteiger partial charge in [-0.3, -0.25) is 4.79 Å². The van der Waals surface area contributed by atoms with Crippen LogP contribution in [-0.2, 0) is 11.2 Å². The molecule has 0 N–H and O–H groups in total. The number of likely N-dealkylation sites (N-methyl/N-ethyl adjacent to an activating group) is 1. The summed E-state index contributed by atoms with van der Waals surface area (Å²) in [4.78, 5) is 26.3. The lowest BCUT2D eigenvalue weighted by atomic mass is 10.0. The molecule has 3 amide bonds. The maximum atomic E-state index is 11.9. The number of rotatable bonds is 3. The minimum absolute atomic E-state index is 0.282. The lowest BCUT2D eigenvalue weighted by Crippen LogP contribution is -2.31. The zero-order valence-electron chi connectivity index (χ0n) is 17.7. The molecule has 0 aromatic heterocycles. The molecule has 1 fully saturated rings. The number of amides is 3. The molecule has 0 unspecified atom stereocenters. The highest BCUT2D eigenvalue weighted by Gasteiger charge is 2.41. The van der Waals surface area contributed by atoms with E-state index in [-0.39, 0.29) is 11.9 Å². The van der Waals surface area contributed by atoms with Crippen molar-refractivity contribution in [3.63, 3.8) is 0 Å². The normalized spacial score (nSPS) is 15.7. The Morgan fingerprint density at radius 3 is 1.87 bits per heavy atom. The number of nitrogens with zero attached hydrogens (tertiary/aromatic N) is 2. The second-order valence-corrected chi connectivity index (χ2v) is 8.16. The number of benzene rings is 3. The fourth-order valence-corrected chi connectivity index (χ4v) is 3.75. The second-order valence-electron chi connectivity index (χ2n) is 7.29. The molecule has 3 aromatic rings. The molecule has 0 spiro atoms. The van der Waals surface area contributed by atoms with Crippen LogP contribution in [0.4, 0.5) is 10.5 Å². The van der Waals surface area contributed by atoms with Crippen molar-refractivity contribution in [2.24, 2.45) is 0 Å². The summed E-state index contributed by atoms with van der Waals surface area (Å²) in [6, 6.07) is 23.0. The van der Waals surface area contributed by atoms with Crippen LogP contribution in [-0.4, -0.2) is 29.9 Å². The Morgan fingerprint density at radius 1 is 0.839 bits per heavy atom. The van der Waals surface area contributed by atoms with Gasteiger partial charge < -0.3 is 4.90 Å². The molecule has 160 valence electrons. The smallest absolute Gasteiger partial charge is 0.315 e. The van der Waals surface area contributed by atoms with Crippen molar-refractivity contribution >= 4 is 40.8 Å². The average molecular weight is 455 g/mol. The molecular weight excluding hydrogens is 431 g/mol. The molecular formula is C25H24Cl2N2O2. The van der Waals surface area contributed by atoms with Gasteiger partial charge in [0, 0.05) is 17.1 Å². The van der Waals surface area contributed by atoms with Crippen LogP contribution >= 0.6 is 23.2 Å². The fraction of sp³-hybridized carbons (Fsp3) is 0.200. The summed E-state index contributed by atoms with van der Waals surface area (Å²) in [7, 11) is 1.58. The van der Waals surface area contributed by atoms with E-state index in [0.29, 0.717) is 15.7 Å². The number of halogens is 2. The van der Waals surface area contributed by atoms with Crippen LogP contribution in [0.1, 0.15) is 19.4 Å². The third kappa shape index (κ3) is 5.27. The van der Waals surface area contributed by atoms with Gasteiger partial charge in [0.05, 0.1) is 5.69 Å². The van der Waals surface area contributed by atoms with Gasteiger partial charge in [-0.1, -0.05) is 84.7 Å². The highest BCUT2D eigenvalue weighted by molar-refractivity contribution is 6.35. The number of urea groups is 1. The number of anilines is 1. The van der Waals surface area contributed by atoms with Crippen LogP contribution in [0.25, 0.3) is 11.1 Å². The van der Waals surface area contributed by atoms with Gasteiger partial charge in [0.15, 0.2) is 0 Å². The first kappa shape index (κ1) is 22.9. The molecule has 1 atom stereocenters. The number of carbonyl (C=O) groups excluding carboxylic acids is 2. The molecule has 4 rings (SSSR count). The Kier molecular flexibility index (Phi) is 7.37. The summed E-state index contributed by atoms with van der Waals surface area (Å²) in [6.45, 7) is 3.85. The summed E-state index contributed by atoms with van der Waals surface area (Å²) in [6.07, 6.45) is 1.11. The summed E-state index contributed by atoms with van der Waals surface area (Å²) in [5, 5.41) is 0.769. The van der Waals surface area contributed by atoms with Gasteiger partial charge in [-0.2, -0.15) is 0 Å². The largest absolute Gasteiger partial charge is 0.331 e. The van der Waals surface area contributed by atoms with Crippen LogP contribution < -0.4 is 4.90 Å². The number of imide groups is 1. The lowest BCUT2D eigenvalue weighted by molar-refractivity contribution is -0.119. The van der Waals surface area contributed by atoms with Crippen molar-refractivity contribution < 1.29 is 9.59 Å². The van der Waals surface area contributed by atoms with Gasteiger partial charge in [0.25, 0.3) is 5.91 Å². The minimum Gasteiger partial charge on any atom is -0.315 e. The topological polar surface area (TPSA) is 40.6 Å². The second kappa shape index (κ2) is 9.99. The summed E-state index contributed by atoms with van der Waals surface area (Å²) in [5.74, 6) is -0.282. The standard InChI is InChI=1S/C14H14.C11H10Cl2N2O2/c1-2-12-8-10-14(11-9-12)13-6-4-3-5-7-13;1-6-10(16)15(11(17)14(6)2)9-4-7(12)3-8(13)5-9/h3-11H,2H2,1H3;3-6H,1-2H3/t;6-/m.0/s1. The Balaban J connectivity index is 0.000000179. The molecule has 0 radical (unpaired) electrons. The van der Waals surface area contributed by atoms with E-state index in [9.17, 15) is 9.59 Å². The number of hydrogen-bond donors (Lipinski definition) is 0. The fourth-order valence-electron chi connectivity index (χ4n) is 3.24. The number of aryl methyl sites for hydroxylation is 1. The summed E-state index contributed by atoms with van der Waals surface area (Å²) < 4.78 is 0. The molecule has 3 aromatic carbocycles. The quantitative estimate of drug-likeness (QED) is 0.413. The highest BCUT2D eigenvalue weighted by Crippen LogP contribution is 2.29. The summed E-state index contributed by atoms with van der Waals surface area (Å²) in [5.41, 5.74) is 4.37. The number of carbonyl (C=O) groups is 2. The van der Waals surface area contributed by atoms with Gasteiger partial charge in [-0.25, -0.2) is 9.69 Å². The van der Waals surface area contributed by atoms with Crippen LogP contribution in [0.5, 0.6) is 0 Å². The van der Waals surface area contributed by atoms with Crippen molar-refractivity contribution in [3.8, 4) is 11.1 Å². The van der Waals surface area contributed by atoms with Gasteiger partial charge in [0.1, 0.15) is 6.04 Å². The van der Waals surface area contributed by atoms with Crippen molar-refractivity contribution in [2.75, 3.05) is 11.9 Å². The number of hydrogen-bond acceptors (Lipinski definition) is 2. The lowest BCUT2D eigenvalue weighted by Gasteiger charge is -2.14. The van der Waals surface area contributed by atoms with Crippen molar-refractivity contribution in [2.45, 2.75) is 26.3 Å². The van der Waals surface area contributed by atoms with E-state index in [0.717, 1.165) is 11.3 Å². The zero-order valence-corrected chi connectivity index (χ0v) is 19.2. The van der Waals surface area contributed by atoms with Gasteiger partial charge >= 0.3 is 6.03 Å². The van der Waals surface area contributed by atoms with Crippen LogP contribution in [0, 0.1) is 0 Å². The Morgan fingerprint density at radius 2 is 1.39 bits per heavy atom. The molecule has 1 saturated heterocycles. The Labute approximate surface area is 193 Å². The van der Waals surface area contributed by atoms with E-state index < -0.39 is 6.04 Å². The van der Waals surface area contributed by atoms with E-state index in [1.165, 1.54) is 33.7 Å². The van der Waals surface area contributed by atoms with E-state index in [1.807, 2.05) is 6.07 Å². The van der Waals surface area contributed by atoms with Crippen LogP contribution in [0.2, 0.25) is 10.0 Å². The molecule has 1 aliphatic heterocycles. The van der Waals surface area contributed by atoms with Crippen molar-refractivity contribution in [3.05, 3.63) is 88.4 Å². The average Bonchev–Trinajstić information content (AvgIpc) is 2.97. The highest BCUT2D eigenvalue weighted by atomic mass is 35.5. The van der Waals surface area contributed by atoms with E-state index in [4.69, 9.17) is 23.2 Å². The Hall–Kier alpha value is -2.82. The first-order valence-corrected chi connectivity index (χ1v) is 10.8. The molecule has 31 heavy (non-hydrogen) atoms. The van der Waals surface area contributed by atoms with Crippen molar-refractivity contribution in [1.29, 1.82) is 0 Å². The van der Waals surface area contributed by atoms with Crippen LogP contribution in [0.15, 0.2) is 72.8 Å². The van der Waals surface area contributed by atoms with Gasteiger partial charge in [0.2, 0.25) is 0 Å². The first-order valence-electron chi connectivity index (χ1n) is 10.0. The first-order chi connectivity index (χ1) is 14.8. The minimum atomic E-state index is -0.472. The molecule has 0 saturated carbocycles. The maximum Gasteiger partial charge on any atom is 0.331 e. The Bertz CT molecular complexity index is 1030. The van der Waals surface area contributed by atoms with Gasteiger partial charge in [-0.05, 0) is 48.2 Å². The van der Waals surface area contributed by atoms with Crippen molar-refractivity contribution in [1.82, 2.24) is 4.90 Å². The monoisotopic (exact) mass is 454 g/mol. The molecule has 1 aliphatic rings. The third-order valence-corrected chi connectivity index (χ3v) is 5.66. The van der Waals surface area contributed by atoms with E-state index in [1.54, 1.807) is 20.0 Å². The SMILES string of the molecule is CCc1ccc(-c2ccccc2)cc1.C[C@H]1C(=O)N(c2cc(Cl)cc(Cl)c2)C(=O)N1C.